The molecule has 0 saturated carbocycles. The number of nitrogens with one attached hydrogen (secondary N) is 1. The van der Waals surface area contributed by atoms with Gasteiger partial charge in [-0.1, -0.05) is 182 Å². The summed E-state index contributed by atoms with van der Waals surface area (Å²) in [6.07, 6.45) is 6.93. The summed E-state index contributed by atoms with van der Waals surface area (Å²) in [5.74, 6) is 0.190. The summed E-state index contributed by atoms with van der Waals surface area (Å²) in [5.41, 5.74) is 7.40. The van der Waals surface area contributed by atoms with Gasteiger partial charge in [-0.25, -0.2) is 0 Å². The lowest BCUT2D eigenvalue weighted by Crippen LogP contribution is -2.30. The monoisotopic (exact) mass is 693 g/mol. The van der Waals surface area contributed by atoms with E-state index in [0.717, 1.165) is 0 Å². The van der Waals surface area contributed by atoms with Crippen LogP contribution in [0, 0.1) is 0 Å². The molecule has 0 bridgehead atoms. The summed E-state index contributed by atoms with van der Waals surface area (Å²) in [7, 11) is -0.641. The first kappa shape index (κ1) is 31.5. The third-order valence-electron chi connectivity index (χ3n) is 10.6. The van der Waals surface area contributed by atoms with Crippen molar-refractivity contribution >= 4 is 67.2 Å². The Morgan fingerprint density at radius 1 is 0.377 bits per heavy atom. The molecule has 0 aromatic heterocycles. The molecule has 9 aromatic carbocycles. The Labute approximate surface area is 311 Å². The number of hydrogen-bond donors (Lipinski definition) is 1. The smallest absolute Gasteiger partial charge is 0.0722 e. The van der Waals surface area contributed by atoms with E-state index in [1.165, 1.54) is 87.1 Å². The van der Waals surface area contributed by atoms with Crippen molar-refractivity contribution in [1.29, 1.82) is 0 Å². The van der Waals surface area contributed by atoms with Gasteiger partial charge in [0.05, 0.1) is 5.78 Å². The van der Waals surface area contributed by atoms with E-state index in [-0.39, 0.29) is 5.78 Å². The first-order valence-electron chi connectivity index (χ1n) is 18.3. The van der Waals surface area contributed by atoms with Crippen LogP contribution in [0.5, 0.6) is 0 Å². The van der Waals surface area contributed by atoms with Crippen LogP contribution in [-0.2, 0) is 0 Å². The average molecular weight is 694 g/mol. The van der Waals surface area contributed by atoms with Gasteiger partial charge in [-0.05, 0) is 113 Å². The molecule has 0 radical (unpaired) electrons. The van der Waals surface area contributed by atoms with E-state index in [1.807, 2.05) is 0 Å². The fourth-order valence-electron chi connectivity index (χ4n) is 8.13. The second-order valence-corrected chi connectivity index (χ2v) is 16.1. The highest BCUT2D eigenvalue weighted by atomic mass is 31.1. The van der Waals surface area contributed by atoms with Crippen molar-refractivity contribution in [3.8, 4) is 22.3 Å². The van der Waals surface area contributed by atoms with Gasteiger partial charge in [0.25, 0.3) is 0 Å². The van der Waals surface area contributed by atoms with E-state index in [9.17, 15) is 0 Å². The Kier molecular flexibility index (Phi) is 7.94. The SMILES string of the molecule is C1=CC(P(c2ccccc2)c2ccccc2)NC=C1c1ccc2c(-c3ccc4ccccc4c3)c3ccccc3c(-c3ccc4ccccc4c3)c2c1. The number of fused-ring (bicyclic) bond motifs is 4. The minimum Gasteiger partial charge on any atom is -0.380 e. The fourth-order valence-corrected chi connectivity index (χ4v) is 10.5. The lowest BCUT2D eigenvalue weighted by Gasteiger charge is -2.29. The maximum Gasteiger partial charge on any atom is 0.0722 e. The maximum absolute atomic E-state index is 3.84. The van der Waals surface area contributed by atoms with Gasteiger partial charge in [-0.2, -0.15) is 0 Å². The van der Waals surface area contributed by atoms with Crippen LogP contribution in [0.25, 0.3) is 70.9 Å². The van der Waals surface area contributed by atoms with Crippen molar-refractivity contribution in [2.45, 2.75) is 5.78 Å². The fraction of sp³-hybridized carbons (Fsp3) is 0.0196. The van der Waals surface area contributed by atoms with Crippen molar-refractivity contribution in [1.82, 2.24) is 5.32 Å². The van der Waals surface area contributed by atoms with E-state index >= 15 is 0 Å². The molecular weight excluding hydrogens is 658 g/mol. The Morgan fingerprint density at radius 3 is 1.40 bits per heavy atom. The lowest BCUT2D eigenvalue weighted by molar-refractivity contribution is 0.909. The van der Waals surface area contributed by atoms with Gasteiger partial charge in [-0.3, -0.25) is 0 Å². The van der Waals surface area contributed by atoms with E-state index < -0.39 is 7.92 Å². The largest absolute Gasteiger partial charge is 0.380 e. The van der Waals surface area contributed by atoms with Gasteiger partial charge in [0.2, 0.25) is 0 Å². The molecule has 1 heterocycles. The van der Waals surface area contributed by atoms with Crippen LogP contribution in [0.2, 0.25) is 0 Å². The van der Waals surface area contributed by atoms with Crippen molar-refractivity contribution < 1.29 is 0 Å². The van der Waals surface area contributed by atoms with Crippen molar-refractivity contribution in [2.24, 2.45) is 0 Å². The molecule has 10 rings (SSSR count). The minimum atomic E-state index is -0.641. The predicted molar refractivity (Wildman–Crippen MR) is 230 cm³/mol. The highest BCUT2D eigenvalue weighted by molar-refractivity contribution is 7.73. The Hall–Kier alpha value is -6.27. The molecule has 1 aliphatic heterocycles. The van der Waals surface area contributed by atoms with Gasteiger partial charge in [0.15, 0.2) is 0 Å². The molecule has 0 aliphatic carbocycles. The number of hydrogen-bond acceptors (Lipinski definition) is 1. The normalized spacial score (nSPS) is 14.2. The Morgan fingerprint density at radius 2 is 0.849 bits per heavy atom. The molecule has 1 aliphatic rings. The summed E-state index contributed by atoms with van der Waals surface area (Å²) in [6.45, 7) is 0. The highest BCUT2D eigenvalue weighted by Gasteiger charge is 2.24. The van der Waals surface area contributed by atoms with Crippen molar-refractivity contribution in [3.05, 3.63) is 212 Å². The third kappa shape index (κ3) is 5.71. The molecule has 0 spiro atoms. The summed E-state index contributed by atoms with van der Waals surface area (Å²) in [4.78, 5) is 0. The molecule has 1 N–H and O–H groups in total. The molecular formula is C51H36NP. The van der Waals surface area contributed by atoms with E-state index in [4.69, 9.17) is 0 Å². The minimum absolute atomic E-state index is 0.190. The first-order valence-corrected chi connectivity index (χ1v) is 19.7. The van der Waals surface area contributed by atoms with E-state index in [0.29, 0.717) is 0 Å². The van der Waals surface area contributed by atoms with E-state index in [2.05, 4.69) is 212 Å². The van der Waals surface area contributed by atoms with Crippen LogP contribution < -0.4 is 15.9 Å². The van der Waals surface area contributed by atoms with Crippen LogP contribution in [0.15, 0.2) is 206 Å². The number of allylic oxidation sites excluding steroid dienone is 2. The van der Waals surface area contributed by atoms with Crippen LogP contribution in [-0.4, -0.2) is 5.78 Å². The van der Waals surface area contributed by atoms with Gasteiger partial charge in [0, 0.05) is 6.20 Å². The summed E-state index contributed by atoms with van der Waals surface area (Å²) in [5, 5.41) is 16.6. The Balaban J connectivity index is 1.15. The van der Waals surface area contributed by atoms with Gasteiger partial charge in [0.1, 0.15) is 0 Å². The zero-order chi connectivity index (χ0) is 35.1. The number of benzene rings is 9. The first-order chi connectivity index (χ1) is 26.3. The average Bonchev–Trinajstić information content (AvgIpc) is 3.23. The zero-order valence-electron chi connectivity index (χ0n) is 29.2. The van der Waals surface area contributed by atoms with E-state index in [1.54, 1.807) is 0 Å². The molecule has 9 aromatic rings. The molecule has 1 nitrogen and oxygen atoms in total. The lowest BCUT2D eigenvalue weighted by atomic mass is 9.84. The van der Waals surface area contributed by atoms with Gasteiger partial charge in [-0.15, -0.1) is 0 Å². The molecule has 53 heavy (non-hydrogen) atoms. The van der Waals surface area contributed by atoms with Crippen LogP contribution in [0.3, 0.4) is 0 Å². The highest BCUT2D eigenvalue weighted by Crippen LogP contribution is 2.46. The number of dihydropyridines is 1. The summed E-state index contributed by atoms with van der Waals surface area (Å²) < 4.78 is 0. The van der Waals surface area contributed by atoms with Crippen molar-refractivity contribution in [3.63, 3.8) is 0 Å². The van der Waals surface area contributed by atoms with Crippen LogP contribution in [0.4, 0.5) is 0 Å². The molecule has 0 amide bonds. The molecule has 0 fully saturated rings. The second-order valence-electron chi connectivity index (χ2n) is 13.8. The predicted octanol–water partition coefficient (Wildman–Crippen LogP) is 12.6. The number of rotatable bonds is 6. The van der Waals surface area contributed by atoms with Gasteiger partial charge >= 0.3 is 0 Å². The molecule has 1 atom stereocenters. The quantitative estimate of drug-likeness (QED) is 0.135. The maximum atomic E-state index is 3.84. The second kappa shape index (κ2) is 13.4. The van der Waals surface area contributed by atoms with Gasteiger partial charge < -0.3 is 5.32 Å². The molecule has 250 valence electrons. The third-order valence-corrected chi connectivity index (χ3v) is 13.2. The zero-order valence-corrected chi connectivity index (χ0v) is 30.0. The van der Waals surface area contributed by atoms with Crippen LogP contribution >= 0.6 is 7.92 Å². The topological polar surface area (TPSA) is 12.0 Å². The summed E-state index contributed by atoms with van der Waals surface area (Å²) in [6, 6.07) is 69.1. The Bertz CT molecular complexity index is 2830. The standard InChI is InChI=1S/C51H36NP/c1-3-17-43(18-4-1)53(44-19-5-2-6-20-44)49-30-28-42(34-52-49)39-27-29-47-48(33-39)51(41-26-24-36-14-8-10-16-38(36)32-41)46-22-12-11-21-45(46)50(47)40-25-23-35-13-7-9-15-37(35)31-40/h1-34,49,52H. The molecule has 2 heteroatoms. The van der Waals surface area contributed by atoms with Crippen LogP contribution in [0.1, 0.15) is 5.56 Å². The molecule has 0 saturated heterocycles. The van der Waals surface area contributed by atoms with Crippen molar-refractivity contribution in [2.75, 3.05) is 0 Å². The summed E-state index contributed by atoms with van der Waals surface area (Å²) >= 11 is 0. The molecule has 1 unspecified atom stereocenters.